The molecule has 0 saturated heterocycles. The summed E-state index contributed by atoms with van der Waals surface area (Å²) in [5, 5.41) is 5.47. The fourth-order valence-corrected chi connectivity index (χ4v) is 1.76. The van der Waals surface area contributed by atoms with Gasteiger partial charge in [0.2, 0.25) is 5.91 Å². The van der Waals surface area contributed by atoms with E-state index in [0.717, 1.165) is 12.8 Å². The Kier molecular flexibility index (Phi) is 6.73. The summed E-state index contributed by atoms with van der Waals surface area (Å²) in [4.78, 5) is 23.4. The molecule has 0 fully saturated rings. The van der Waals surface area contributed by atoms with Gasteiger partial charge in [0.25, 0.3) is 5.91 Å². The number of benzene rings is 1. The van der Waals surface area contributed by atoms with Crippen LogP contribution in [0.2, 0.25) is 0 Å². The molecule has 0 aliphatic carbocycles. The number of hydrogen-bond donors (Lipinski definition) is 3. The van der Waals surface area contributed by atoms with E-state index in [4.69, 9.17) is 5.73 Å². The van der Waals surface area contributed by atoms with Crippen LogP contribution in [0.15, 0.2) is 24.3 Å². The Balaban J connectivity index is 2.56. The molecule has 0 unspecified atom stereocenters. The molecule has 0 radical (unpaired) electrons. The van der Waals surface area contributed by atoms with Crippen molar-refractivity contribution in [2.24, 2.45) is 5.73 Å². The average Bonchev–Trinajstić information content (AvgIpc) is 2.45. The van der Waals surface area contributed by atoms with E-state index in [2.05, 4.69) is 17.6 Å². The summed E-state index contributed by atoms with van der Waals surface area (Å²) in [5.41, 5.74) is 7.01. The highest BCUT2D eigenvalue weighted by atomic mass is 16.2. The minimum absolute atomic E-state index is 0.120. The summed E-state index contributed by atoms with van der Waals surface area (Å²) in [6.07, 6.45) is 2.63. The van der Waals surface area contributed by atoms with Gasteiger partial charge in [-0.3, -0.25) is 9.59 Å². The molecule has 0 aromatic heterocycles. The summed E-state index contributed by atoms with van der Waals surface area (Å²) in [6, 6.07) is 6.28. The van der Waals surface area contributed by atoms with E-state index in [1.807, 2.05) is 6.92 Å². The first-order valence-corrected chi connectivity index (χ1v) is 7.03. The predicted molar refractivity (Wildman–Crippen MR) is 80.6 cm³/mol. The topological polar surface area (TPSA) is 84.2 Å². The summed E-state index contributed by atoms with van der Waals surface area (Å²) in [7, 11) is 0. The van der Waals surface area contributed by atoms with E-state index in [1.165, 1.54) is 0 Å². The van der Waals surface area contributed by atoms with Gasteiger partial charge in [0.15, 0.2) is 0 Å². The van der Waals surface area contributed by atoms with Crippen LogP contribution in [0.5, 0.6) is 0 Å². The van der Waals surface area contributed by atoms with Gasteiger partial charge in [0, 0.05) is 17.8 Å². The zero-order valence-corrected chi connectivity index (χ0v) is 12.1. The minimum atomic E-state index is -0.488. The zero-order chi connectivity index (χ0) is 15.0. The number of hydrogen-bond acceptors (Lipinski definition) is 3. The largest absolute Gasteiger partial charge is 0.352 e. The van der Waals surface area contributed by atoms with Crippen LogP contribution in [0.4, 0.5) is 5.69 Å². The Morgan fingerprint density at radius 2 is 1.85 bits per heavy atom. The quantitative estimate of drug-likeness (QED) is 0.711. The van der Waals surface area contributed by atoms with Crippen molar-refractivity contribution >= 4 is 17.5 Å². The van der Waals surface area contributed by atoms with Gasteiger partial charge >= 0.3 is 0 Å². The Morgan fingerprint density at radius 1 is 1.20 bits per heavy atom. The standard InChI is InChI=1S/C15H23N3O2/c1-3-5-6-13(16)15(20)18-12-9-7-11(8-10-12)14(19)17-4-2/h7-10,13H,3-6,16H2,1-2H3,(H,17,19)(H,18,20)/t13-/m0/s1. The van der Waals surface area contributed by atoms with Crippen LogP contribution >= 0.6 is 0 Å². The lowest BCUT2D eigenvalue weighted by molar-refractivity contribution is -0.117. The van der Waals surface area contributed by atoms with Crippen molar-refractivity contribution in [3.8, 4) is 0 Å². The van der Waals surface area contributed by atoms with E-state index in [-0.39, 0.29) is 11.8 Å². The highest BCUT2D eigenvalue weighted by molar-refractivity contribution is 5.97. The molecule has 0 aliphatic rings. The Hall–Kier alpha value is -1.88. The molecule has 2 amide bonds. The highest BCUT2D eigenvalue weighted by Crippen LogP contribution is 2.10. The number of carbonyl (C=O) groups is 2. The second-order valence-electron chi connectivity index (χ2n) is 4.67. The smallest absolute Gasteiger partial charge is 0.251 e. The van der Waals surface area contributed by atoms with Crippen LogP contribution < -0.4 is 16.4 Å². The molecule has 4 N–H and O–H groups in total. The molecular formula is C15H23N3O2. The van der Waals surface area contributed by atoms with Crippen molar-refractivity contribution in [2.75, 3.05) is 11.9 Å². The van der Waals surface area contributed by atoms with Crippen molar-refractivity contribution in [1.29, 1.82) is 0 Å². The lowest BCUT2D eigenvalue weighted by Gasteiger charge is -2.12. The van der Waals surface area contributed by atoms with E-state index < -0.39 is 6.04 Å². The monoisotopic (exact) mass is 277 g/mol. The van der Waals surface area contributed by atoms with Gasteiger partial charge in [0.05, 0.1) is 6.04 Å². The fraction of sp³-hybridized carbons (Fsp3) is 0.467. The Labute approximate surface area is 119 Å². The summed E-state index contributed by atoms with van der Waals surface area (Å²) in [5.74, 6) is -0.311. The highest BCUT2D eigenvalue weighted by Gasteiger charge is 2.13. The van der Waals surface area contributed by atoms with Gasteiger partial charge in [-0.15, -0.1) is 0 Å². The molecule has 1 atom stereocenters. The molecule has 1 aromatic rings. The maximum atomic E-state index is 11.8. The molecule has 0 saturated carbocycles. The number of unbranched alkanes of at least 4 members (excludes halogenated alkanes) is 1. The summed E-state index contributed by atoms with van der Waals surface area (Å²) < 4.78 is 0. The second kappa shape index (κ2) is 8.32. The molecule has 5 heteroatoms. The lowest BCUT2D eigenvalue weighted by Crippen LogP contribution is -2.35. The van der Waals surface area contributed by atoms with E-state index in [9.17, 15) is 9.59 Å². The van der Waals surface area contributed by atoms with Crippen LogP contribution in [-0.4, -0.2) is 24.4 Å². The maximum Gasteiger partial charge on any atom is 0.251 e. The molecular weight excluding hydrogens is 254 g/mol. The van der Waals surface area contributed by atoms with E-state index >= 15 is 0 Å². The molecule has 110 valence electrons. The zero-order valence-electron chi connectivity index (χ0n) is 12.1. The molecule has 0 aliphatic heterocycles. The number of nitrogens with one attached hydrogen (secondary N) is 2. The molecule has 1 aromatic carbocycles. The van der Waals surface area contributed by atoms with Crippen molar-refractivity contribution in [2.45, 2.75) is 39.2 Å². The molecule has 0 spiro atoms. The summed E-state index contributed by atoms with van der Waals surface area (Å²) in [6.45, 7) is 4.51. The van der Waals surface area contributed by atoms with Crippen molar-refractivity contribution < 1.29 is 9.59 Å². The molecule has 0 heterocycles. The molecule has 0 bridgehead atoms. The molecule has 1 rings (SSSR count). The van der Waals surface area contributed by atoms with Crippen LogP contribution in [0.1, 0.15) is 43.5 Å². The number of amides is 2. The first-order chi connectivity index (χ1) is 9.58. The second-order valence-corrected chi connectivity index (χ2v) is 4.67. The summed E-state index contributed by atoms with van der Waals surface area (Å²) >= 11 is 0. The number of carbonyl (C=O) groups excluding carboxylic acids is 2. The number of anilines is 1. The predicted octanol–water partition coefficient (Wildman–Crippen LogP) is 1.89. The number of nitrogens with two attached hydrogens (primary N) is 1. The van der Waals surface area contributed by atoms with Gasteiger partial charge in [0.1, 0.15) is 0 Å². The van der Waals surface area contributed by atoms with E-state index in [0.29, 0.717) is 24.2 Å². The van der Waals surface area contributed by atoms with E-state index in [1.54, 1.807) is 24.3 Å². The van der Waals surface area contributed by atoms with Crippen LogP contribution in [0.25, 0.3) is 0 Å². The average molecular weight is 277 g/mol. The third-order valence-corrected chi connectivity index (χ3v) is 2.96. The maximum absolute atomic E-state index is 11.8. The number of rotatable bonds is 7. The SMILES string of the molecule is CCCC[C@H](N)C(=O)Nc1ccc(C(=O)NCC)cc1. The van der Waals surface area contributed by atoms with Crippen LogP contribution in [0, 0.1) is 0 Å². The Morgan fingerprint density at radius 3 is 2.40 bits per heavy atom. The van der Waals surface area contributed by atoms with Crippen LogP contribution in [0.3, 0.4) is 0 Å². The third-order valence-electron chi connectivity index (χ3n) is 2.96. The van der Waals surface area contributed by atoms with Gasteiger partial charge in [-0.05, 0) is 37.6 Å². The van der Waals surface area contributed by atoms with Crippen molar-refractivity contribution in [1.82, 2.24) is 5.32 Å². The van der Waals surface area contributed by atoms with Crippen molar-refractivity contribution in [3.05, 3.63) is 29.8 Å². The third kappa shape index (κ3) is 5.01. The first kappa shape index (κ1) is 16.2. The van der Waals surface area contributed by atoms with Gasteiger partial charge in [-0.2, -0.15) is 0 Å². The van der Waals surface area contributed by atoms with Gasteiger partial charge in [-0.25, -0.2) is 0 Å². The minimum Gasteiger partial charge on any atom is -0.352 e. The van der Waals surface area contributed by atoms with Gasteiger partial charge in [-0.1, -0.05) is 19.8 Å². The van der Waals surface area contributed by atoms with Gasteiger partial charge < -0.3 is 16.4 Å². The lowest BCUT2D eigenvalue weighted by atomic mass is 10.1. The fourth-order valence-electron chi connectivity index (χ4n) is 1.76. The van der Waals surface area contributed by atoms with Crippen LogP contribution in [-0.2, 0) is 4.79 Å². The van der Waals surface area contributed by atoms with Crippen molar-refractivity contribution in [3.63, 3.8) is 0 Å². The molecule has 20 heavy (non-hydrogen) atoms. The first-order valence-electron chi connectivity index (χ1n) is 7.03. The Bertz CT molecular complexity index is 443. The normalized spacial score (nSPS) is 11.8. The molecule has 5 nitrogen and oxygen atoms in total.